The highest BCUT2D eigenvalue weighted by atomic mass is 15.2. The second kappa shape index (κ2) is 8.16. The van der Waals surface area contributed by atoms with Gasteiger partial charge in [-0.2, -0.15) is 0 Å². The van der Waals surface area contributed by atoms with E-state index in [2.05, 4.69) is 53.4 Å². The Kier molecular flexibility index (Phi) is 8.13. The van der Waals surface area contributed by atoms with E-state index in [0.717, 1.165) is 18.9 Å². The molecule has 0 fully saturated rings. The van der Waals surface area contributed by atoms with Crippen molar-refractivity contribution in [3.05, 3.63) is 0 Å². The summed E-state index contributed by atoms with van der Waals surface area (Å²) in [6.45, 7) is 18.3. The molecule has 2 heteroatoms. The number of hydrogen-bond donors (Lipinski definition) is 1. The lowest BCUT2D eigenvalue weighted by Gasteiger charge is -2.44. The molecule has 2 N–H and O–H groups in total. The van der Waals surface area contributed by atoms with Gasteiger partial charge in [0.2, 0.25) is 0 Å². The maximum atomic E-state index is 6.40. The van der Waals surface area contributed by atoms with Gasteiger partial charge in [0.25, 0.3) is 0 Å². The van der Waals surface area contributed by atoms with Crippen molar-refractivity contribution in [3.8, 4) is 0 Å². The van der Waals surface area contributed by atoms with E-state index in [4.69, 9.17) is 5.73 Å². The number of nitrogens with zero attached hydrogens (tertiary/aromatic N) is 1. The molecule has 0 aliphatic rings. The van der Waals surface area contributed by atoms with E-state index in [1.54, 1.807) is 0 Å². The molecule has 0 saturated heterocycles. The molecule has 2 nitrogen and oxygen atoms in total. The molecule has 0 saturated carbocycles. The minimum absolute atomic E-state index is 0.247. The van der Waals surface area contributed by atoms with Crippen LogP contribution in [-0.4, -0.2) is 30.1 Å². The average Bonchev–Trinajstić information content (AvgIpc) is 2.31. The molecule has 0 aromatic carbocycles. The average molecular weight is 256 g/mol. The van der Waals surface area contributed by atoms with Crippen LogP contribution in [0.15, 0.2) is 0 Å². The van der Waals surface area contributed by atoms with Crippen molar-refractivity contribution < 1.29 is 0 Å². The fourth-order valence-corrected chi connectivity index (χ4v) is 3.00. The van der Waals surface area contributed by atoms with Crippen LogP contribution in [0.25, 0.3) is 0 Å². The molecular formula is C16H36N2. The van der Waals surface area contributed by atoms with Gasteiger partial charge in [-0.25, -0.2) is 0 Å². The molecule has 2 unspecified atom stereocenters. The van der Waals surface area contributed by atoms with Gasteiger partial charge >= 0.3 is 0 Å². The van der Waals surface area contributed by atoms with Gasteiger partial charge in [0.05, 0.1) is 0 Å². The zero-order valence-corrected chi connectivity index (χ0v) is 13.8. The van der Waals surface area contributed by atoms with Crippen molar-refractivity contribution in [2.24, 2.45) is 17.1 Å². The smallest absolute Gasteiger partial charge is 0.0295 e. The van der Waals surface area contributed by atoms with Gasteiger partial charge in [-0.1, -0.05) is 61.3 Å². The highest BCUT2D eigenvalue weighted by Gasteiger charge is 2.34. The van der Waals surface area contributed by atoms with Crippen LogP contribution in [-0.2, 0) is 0 Å². The first-order valence-electron chi connectivity index (χ1n) is 7.81. The van der Waals surface area contributed by atoms with Crippen molar-refractivity contribution in [1.29, 1.82) is 0 Å². The van der Waals surface area contributed by atoms with Gasteiger partial charge in [-0.3, -0.25) is 4.90 Å². The summed E-state index contributed by atoms with van der Waals surface area (Å²) in [7, 11) is 0. The predicted molar refractivity (Wildman–Crippen MR) is 82.8 cm³/mol. The number of likely N-dealkylation sites (N-methyl/N-ethyl adjacent to an activating group) is 1. The van der Waals surface area contributed by atoms with Gasteiger partial charge < -0.3 is 5.73 Å². The third-order valence-electron chi connectivity index (χ3n) is 4.21. The normalized spacial score (nSPS) is 16.3. The standard InChI is InChI=1S/C16H36N2/c1-8-13(9-2)12-18(11-4)15(14(17)10-3)16(5,6)7/h13-15H,8-12,17H2,1-7H3. The highest BCUT2D eigenvalue weighted by Crippen LogP contribution is 2.28. The van der Waals surface area contributed by atoms with Crippen molar-refractivity contribution in [3.63, 3.8) is 0 Å². The lowest BCUT2D eigenvalue weighted by molar-refractivity contribution is 0.0652. The van der Waals surface area contributed by atoms with Gasteiger partial charge in [-0.05, 0) is 24.3 Å². The van der Waals surface area contributed by atoms with Gasteiger partial charge in [0.1, 0.15) is 0 Å². The van der Waals surface area contributed by atoms with Crippen molar-refractivity contribution in [1.82, 2.24) is 4.90 Å². The van der Waals surface area contributed by atoms with E-state index in [9.17, 15) is 0 Å². The van der Waals surface area contributed by atoms with Gasteiger partial charge in [0, 0.05) is 18.6 Å². The third-order valence-corrected chi connectivity index (χ3v) is 4.21. The molecule has 0 spiro atoms. The zero-order valence-electron chi connectivity index (χ0n) is 13.8. The van der Waals surface area contributed by atoms with E-state index in [1.807, 2.05) is 0 Å². The summed E-state index contributed by atoms with van der Waals surface area (Å²) in [5.74, 6) is 0.804. The minimum atomic E-state index is 0.247. The zero-order chi connectivity index (χ0) is 14.3. The Morgan fingerprint density at radius 3 is 1.72 bits per heavy atom. The quantitative estimate of drug-likeness (QED) is 0.714. The van der Waals surface area contributed by atoms with E-state index in [0.29, 0.717) is 6.04 Å². The Balaban J connectivity index is 4.92. The van der Waals surface area contributed by atoms with E-state index in [-0.39, 0.29) is 11.5 Å². The molecule has 0 rings (SSSR count). The molecule has 2 atom stereocenters. The Labute approximate surface area is 115 Å². The van der Waals surface area contributed by atoms with Crippen LogP contribution in [0.1, 0.15) is 67.7 Å². The summed E-state index contributed by atoms with van der Waals surface area (Å²) in [6, 6.07) is 0.757. The fraction of sp³-hybridized carbons (Fsp3) is 1.00. The lowest BCUT2D eigenvalue weighted by atomic mass is 9.80. The summed E-state index contributed by atoms with van der Waals surface area (Å²) in [6.07, 6.45) is 3.60. The fourth-order valence-electron chi connectivity index (χ4n) is 3.00. The van der Waals surface area contributed by atoms with Crippen LogP contribution in [0, 0.1) is 11.3 Å². The van der Waals surface area contributed by atoms with Crippen LogP contribution in [0.4, 0.5) is 0 Å². The van der Waals surface area contributed by atoms with E-state index in [1.165, 1.54) is 19.4 Å². The Hall–Kier alpha value is -0.0800. The summed E-state index contributed by atoms with van der Waals surface area (Å²) in [5.41, 5.74) is 6.64. The predicted octanol–water partition coefficient (Wildman–Crippen LogP) is 3.90. The maximum Gasteiger partial charge on any atom is 0.0295 e. The first kappa shape index (κ1) is 17.9. The largest absolute Gasteiger partial charge is 0.326 e. The Morgan fingerprint density at radius 1 is 0.944 bits per heavy atom. The molecule has 0 amide bonds. The molecule has 0 aromatic heterocycles. The van der Waals surface area contributed by atoms with E-state index >= 15 is 0 Å². The van der Waals surface area contributed by atoms with Crippen LogP contribution < -0.4 is 5.73 Å². The first-order valence-corrected chi connectivity index (χ1v) is 7.81. The van der Waals surface area contributed by atoms with Crippen LogP contribution >= 0.6 is 0 Å². The molecule has 0 bridgehead atoms. The Morgan fingerprint density at radius 2 is 1.44 bits per heavy atom. The molecule has 0 aromatic rings. The topological polar surface area (TPSA) is 29.3 Å². The summed E-state index contributed by atoms with van der Waals surface area (Å²) >= 11 is 0. The molecule has 18 heavy (non-hydrogen) atoms. The van der Waals surface area contributed by atoms with Crippen LogP contribution in [0.3, 0.4) is 0 Å². The molecule has 110 valence electrons. The van der Waals surface area contributed by atoms with Gasteiger partial charge in [-0.15, -0.1) is 0 Å². The minimum Gasteiger partial charge on any atom is -0.326 e. The maximum absolute atomic E-state index is 6.40. The molecule has 0 heterocycles. The number of nitrogens with two attached hydrogens (primary N) is 1. The molecular weight excluding hydrogens is 220 g/mol. The number of rotatable bonds is 8. The van der Waals surface area contributed by atoms with E-state index < -0.39 is 0 Å². The second-order valence-electron chi connectivity index (χ2n) is 6.65. The highest BCUT2D eigenvalue weighted by molar-refractivity contribution is 4.91. The second-order valence-corrected chi connectivity index (χ2v) is 6.65. The van der Waals surface area contributed by atoms with Crippen molar-refractivity contribution in [2.75, 3.05) is 13.1 Å². The van der Waals surface area contributed by atoms with Crippen LogP contribution in [0.2, 0.25) is 0 Å². The van der Waals surface area contributed by atoms with Gasteiger partial charge in [0.15, 0.2) is 0 Å². The van der Waals surface area contributed by atoms with Crippen molar-refractivity contribution in [2.45, 2.75) is 79.8 Å². The van der Waals surface area contributed by atoms with Crippen LogP contribution in [0.5, 0.6) is 0 Å². The summed E-state index contributed by atoms with van der Waals surface area (Å²) in [4.78, 5) is 2.62. The Bertz CT molecular complexity index is 204. The molecule has 0 aliphatic heterocycles. The summed E-state index contributed by atoms with van der Waals surface area (Å²) < 4.78 is 0. The molecule has 0 aliphatic carbocycles. The third kappa shape index (κ3) is 5.27. The number of hydrogen-bond acceptors (Lipinski definition) is 2. The SMILES string of the molecule is CCC(CC)CN(CC)C(C(N)CC)C(C)(C)C. The van der Waals surface area contributed by atoms with Crippen molar-refractivity contribution >= 4 is 0 Å². The summed E-state index contributed by atoms with van der Waals surface area (Å²) in [5, 5.41) is 0. The monoisotopic (exact) mass is 256 g/mol. The first-order chi connectivity index (χ1) is 8.31. The lowest BCUT2D eigenvalue weighted by Crippen LogP contribution is -2.55. The molecule has 0 radical (unpaired) electrons.